The minimum Gasteiger partial charge on any atom is -0.480 e. The van der Waals surface area contributed by atoms with Gasteiger partial charge in [0.1, 0.15) is 6.04 Å². The normalized spacial score (nSPS) is 20.5. The Kier molecular flexibility index (Phi) is 3.21. The fourth-order valence-corrected chi connectivity index (χ4v) is 3.92. The van der Waals surface area contributed by atoms with E-state index in [2.05, 4.69) is 0 Å². The smallest absolute Gasteiger partial charge is 0.326 e. The molecule has 1 fully saturated rings. The third kappa shape index (κ3) is 1.85. The molecule has 1 atom stereocenters. The maximum Gasteiger partial charge on any atom is 0.326 e. The second-order valence-corrected chi connectivity index (χ2v) is 6.30. The van der Waals surface area contributed by atoms with Crippen LogP contribution in [0, 0.1) is 0 Å². The van der Waals surface area contributed by atoms with Gasteiger partial charge in [-0.1, -0.05) is 48.5 Å². The first-order chi connectivity index (χ1) is 11.5. The summed E-state index contributed by atoms with van der Waals surface area (Å²) in [5, 5.41) is 20.8. The number of amides is 1. The number of aliphatic carboxylic acids is 1. The van der Waals surface area contributed by atoms with E-state index in [4.69, 9.17) is 0 Å². The lowest BCUT2D eigenvalue weighted by molar-refractivity contribution is -0.156. The minimum absolute atomic E-state index is 0.350. The van der Waals surface area contributed by atoms with Crippen LogP contribution in [-0.4, -0.2) is 39.6 Å². The molecule has 2 aromatic carbocycles. The molecule has 0 bridgehead atoms. The van der Waals surface area contributed by atoms with Crippen LogP contribution < -0.4 is 0 Å². The Morgan fingerprint density at radius 1 is 1.00 bits per heavy atom. The van der Waals surface area contributed by atoms with Gasteiger partial charge in [-0.2, -0.15) is 0 Å². The van der Waals surface area contributed by atoms with Crippen LogP contribution >= 0.6 is 0 Å². The highest BCUT2D eigenvalue weighted by molar-refractivity contribution is 6.00. The van der Waals surface area contributed by atoms with Crippen LogP contribution in [0.5, 0.6) is 0 Å². The van der Waals surface area contributed by atoms with Gasteiger partial charge in [0.2, 0.25) is 0 Å². The maximum absolute atomic E-state index is 13.2. The van der Waals surface area contributed by atoms with E-state index in [1.807, 2.05) is 24.3 Å². The summed E-state index contributed by atoms with van der Waals surface area (Å²) in [6.45, 7) is 0.350. The molecular weight excluding hydrogens is 306 g/mol. The largest absolute Gasteiger partial charge is 0.480 e. The molecule has 2 N–H and O–H groups in total. The van der Waals surface area contributed by atoms with Crippen molar-refractivity contribution in [3.63, 3.8) is 0 Å². The number of carboxylic acid groups (broad SMARTS) is 1. The Morgan fingerprint density at radius 3 is 2.08 bits per heavy atom. The quantitative estimate of drug-likeness (QED) is 0.886. The lowest BCUT2D eigenvalue weighted by Crippen LogP contribution is -2.50. The van der Waals surface area contributed by atoms with Gasteiger partial charge in [-0.25, -0.2) is 4.79 Å². The third-order valence-electron chi connectivity index (χ3n) is 5.03. The number of benzene rings is 2. The van der Waals surface area contributed by atoms with Gasteiger partial charge in [0.05, 0.1) is 0 Å². The average Bonchev–Trinajstić information content (AvgIpc) is 3.18. The number of carboxylic acids is 1. The van der Waals surface area contributed by atoms with E-state index in [-0.39, 0.29) is 0 Å². The predicted octanol–water partition coefficient (Wildman–Crippen LogP) is 1.98. The summed E-state index contributed by atoms with van der Waals surface area (Å²) in [6.07, 6.45) is 1.04. The highest BCUT2D eigenvalue weighted by Crippen LogP contribution is 2.48. The SMILES string of the molecule is O=C(O)[C@H]1CCCN1C(=O)C1(O)c2ccccc2-c2ccccc21. The van der Waals surface area contributed by atoms with Gasteiger partial charge >= 0.3 is 5.97 Å². The van der Waals surface area contributed by atoms with Crippen molar-refractivity contribution in [2.45, 2.75) is 24.5 Å². The zero-order chi connectivity index (χ0) is 16.9. The predicted molar refractivity (Wildman–Crippen MR) is 87.2 cm³/mol. The Morgan fingerprint density at radius 2 is 1.54 bits per heavy atom. The first-order valence-corrected chi connectivity index (χ1v) is 8.01. The molecule has 1 amide bonds. The van der Waals surface area contributed by atoms with Crippen molar-refractivity contribution < 1.29 is 19.8 Å². The highest BCUT2D eigenvalue weighted by atomic mass is 16.4. The number of carbonyl (C=O) groups is 2. The number of aliphatic hydroxyl groups is 1. The molecule has 5 heteroatoms. The summed E-state index contributed by atoms with van der Waals surface area (Å²) in [5.74, 6) is -1.58. The van der Waals surface area contributed by atoms with E-state index in [9.17, 15) is 19.8 Å². The van der Waals surface area contributed by atoms with Crippen molar-refractivity contribution in [1.82, 2.24) is 4.90 Å². The van der Waals surface area contributed by atoms with Crippen LogP contribution in [-0.2, 0) is 15.2 Å². The number of hydrogen-bond donors (Lipinski definition) is 2. The van der Waals surface area contributed by atoms with Crippen LogP contribution in [0.15, 0.2) is 48.5 Å². The van der Waals surface area contributed by atoms with E-state index in [1.165, 1.54) is 4.90 Å². The van der Waals surface area contributed by atoms with Crippen molar-refractivity contribution in [3.8, 4) is 11.1 Å². The van der Waals surface area contributed by atoms with Gasteiger partial charge in [0.25, 0.3) is 5.91 Å². The minimum atomic E-state index is -1.83. The fourth-order valence-electron chi connectivity index (χ4n) is 3.92. The van der Waals surface area contributed by atoms with Gasteiger partial charge in [0.15, 0.2) is 5.60 Å². The fraction of sp³-hybridized carbons (Fsp3) is 0.263. The second kappa shape index (κ2) is 5.18. The first-order valence-electron chi connectivity index (χ1n) is 8.01. The van der Waals surface area contributed by atoms with Crippen molar-refractivity contribution >= 4 is 11.9 Å². The summed E-state index contributed by atoms with van der Waals surface area (Å²) in [5.41, 5.74) is 0.843. The number of rotatable bonds is 2. The monoisotopic (exact) mass is 323 g/mol. The van der Waals surface area contributed by atoms with E-state index in [1.54, 1.807) is 24.3 Å². The molecular formula is C19H17NO4. The van der Waals surface area contributed by atoms with Crippen LogP contribution in [0.25, 0.3) is 11.1 Å². The molecule has 0 unspecified atom stereocenters. The number of likely N-dealkylation sites (tertiary alicyclic amines) is 1. The van der Waals surface area contributed by atoms with Crippen molar-refractivity contribution in [3.05, 3.63) is 59.7 Å². The molecule has 122 valence electrons. The van der Waals surface area contributed by atoms with Crippen molar-refractivity contribution in [1.29, 1.82) is 0 Å². The second-order valence-electron chi connectivity index (χ2n) is 6.30. The molecule has 1 saturated heterocycles. The molecule has 2 aromatic rings. The summed E-state index contributed by atoms with van der Waals surface area (Å²) >= 11 is 0. The van der Waals surface area contributed by atoms with Gasteiger partial charge in [-0.15, -0.1) is 0 Å². The van der Waals surface area contributed by atoms with E-state index >= 15 is 0 Å². The topological polar surface area (TPSA) is 77.8 Å². The molecule has 1 heterocycles. The Hall–Kier alpha value is -2.66. The average molecular weight is 323 g/mol. The lowest BCUT2D eigenvalue weighted by atomic mass is 9.89. The van der Waals surface area contributed by atoms with Gasteiger partial charge in [0, 0.05) is 17.7 Å². The lowest BCUT2D eigenvalue weighted by Gasteiger charge is -2.31. The Balaban J connectivity index is 1.87. The van der Waals surface area contributed by atoms with Crippen LogP contribution in [0.2, 0.25) is 0 Å². The number of nitrogens with zero attached hydrogens (tertiary/aromatic N) is 1. The molecule has 0 aromatic heterocycles. The molecule has 5 nitrogen and oxygen atoms in total. The Labute approximate surface area is 139 Å². The zero-order valence-electron chi connectivity index (χ0n) is 13.0. The number of hydrogen-bond acceptors (Lipinski definition) is 3. The standard InChI is InChI=1S/C19H17NO4/c21-17(22)16-10-5-11-20(16)18(23)19(24)14-8-3-1-6-12(14)13-7-2-4-9-15(13)19/h1-4,6-9,16,24H,5,10-11H2,(H,21,22)/t16-/m1/s1. The number of fused-ring (bicyclic) bond motifs is 3. The van der Waals surface area contributed by atoms with Crippen LogP contribution in [0.1, 0.15) is 24.0 Å². The highest BCUT2D eigenvalue weighted by Gasteiger charge is 2.52. The molecule has 0 radical (unpaired) electrons. The molecule has 1 aliphatic heterocycles. The van der Waals surface area contributed by atoms with Crippen molar-refractivity contribution in [2.24, 2.45) is 0 Å². The molecule has 1 aliphatic carbocycles. The van der Waals surface area contributed by atoms with Crippen LogP contribution in [0.3, 0.4) is 0 Å². The molecule has 4 rings (SSSR count). The molecule has 0 spiro atoms. The summed E-state index contributed by atoms with van der Waals surface area (Å²) in [4.78, 5) is 26.0. The summed E-state index contributed by atoms with van der Waals surface area (Å²) in [7, 11) is 0. The van der Waals surface area contributed by atoms with E-state index in [0.717, 1.165) is 11.1 Å². The van der Waals surface area contributed by atoms with Crippen molar-refractivity contribution in [2.75, 3.05) is 6.54 Å². The number of carbonyl (C=O) groups excluding carboxylic acids is 1. The molecule has 2 aliphatic rings. The summed E-state index contributed by atoms with van der Waals surface area (Å²) in [6, 6.07) is 13.6. The maximum atomic E-state index is 13.2. The Bertz CT molecular complexity index is 799. The van der Waals surface area contributed by atoms with Gasteiger partial charge < -0.3 is 15.1 Å². The summed E-state index contributed by atoms with van der Waals surface area (Å²) < 4.78 is 0. The first kappa shape index (κ1) is 14.9. The van der Waals surface area contributed by atoms with Gasteiger partial charge in [-0.3, -0.25) is 4.79 Å². The van der Waals surface area contributed by atoms with E-state index < -0.39 is 23.5 Å². The molecule has 24 heavy (non-hydrogen) atoms. The van der Waals surface area contributed by atoms with E-state index in [0.29, 0.717) is 30.5 Å². The zero-order valence-corrected chi connectivity index (χ0v) is 13.0. The molecule has 0 saturated carbocycles. The van der Waals surface area contributed by atoms with Gasteiger partial charge in [-0.05, 0) is 24.0 Å². The third-order valence-corrected chi connectivity index (χ3v) is 5.03. The van der Waals surface area contributed by atoms with Crippen LogP contribution in [0.4, 0.5) is 0 Å².